The largest absolute Gasteiger partial charge is 0.493 e. The lowest BCUT2D eigenvalue weighted by Gasteiger charge is -2.33. The lowest BCUT2D eigenvalue weighted by Crippen LogP contribution is -2.35. The van der Waals surface area contributed by atoms with Crippen molar-refractivity contribution in [2.75, 3.05) is 19.7 Å². The van der Waals surface area contributed by atoms with Crippen LogP contribution < -0.4 is 15.4 Å². The van der Waals surface area contributed by atoms with Crippen molar-refractivity contribution in [1.82, 2.24) is 10.6 Å². The number of hydrogen-bond acceptors (Lipinski definition) is 3. The molecule has 0 bridgehead atoms. The first-order chi connectivity index (χ1) is 14.5. The van der Waals surface area contributed by atoms with Gasteiger partial charge in [0.05, 0.1) is 6.61 Å². The molecule has 1 aliphatic heterocycles. The van der Waals surface area contributed by atoms with Crippen molar-refractivity contribution in [2.45, 2.75) is 39.7 Å². The Labute approximate surface area is 180 Å². The average Bonchev–Trinajstić information content (AvgIpc) is 2.77. The molecule has 0 amide bonds. The SMILES string of the molecule is C=C(NCc1ccc(OCC(C)C)cc1)C(Cc1ccc(F)cc1)C1CCNCC1. The van der Waals surface area contributed by atoms with Crippen LogP contribution >= 0.6 is 0 Å². The molecule has 3 nitrogen and oxygen atoms in total. The van der Waals surface area contributed by atoms with Gasteiger partial charge in [-0.15, -0.1) is 0 Å². The Balaban J connectivity index is 1.60. The van der Waals surface area contributed by atoms with Crippen LogP contribution in [0.25, 0.3) is 0 Å². The first-order valence-corrected chi connectivity index (χ1v) is 11.1. The van der Waals surface area contributed by atoms with Gasteiger partial charge in [-0.25, -0.2) is 4.39 Å². The molecular weight excluding hydrogens is 375 g/mol. The second-order valence-corrected chi connectivity index (χ2v) is 8.75. The highest BCUT2D eigenvalue weighted by molar-refractivity contribution is 5.28. The molecule has 1 saturated heterocycles. The summed E-state index contributed by atoms with van der Waals surface area (Å²) in [6.45, 7) is 12.3. The summed E-state index contributed by atoms with van der Waals surface area (Å²) in [5, 5.41) is 7.02. The van der Waals surface area contributed by atoms with Gasteiger partial charge in [-0.3, -0.25) is 0 Å². The molecule has 0 spiro atoms. The van der Waals surface area contributed by atoms with Crippen molar-refractivity contribution in [3.8, 4) is 5.75 Å². The fourth-order valence-corrected chi connectivity index (χ4v) is 4.01. The lowest BCUT2D eigenvalue weighted by molar-refractivity contribution is 0.271. The zero-order chi connectivity index (χ0) is 21.3. The standard InChI is InChI=1S/C26H35FN2O/c1-19(2)18-30-25-10-6-22(7-11-25)17-29-20(3)26(23-12-14-28-15-13-23)16-21-4-8-24(27)9-5-21/h4-11,19,23,26,28-29H,3,12-18H2,1-2H3. The minimum atomic E-state index is -0.185. The van der Waals surface area contributed by atoms with Crippen LogP contribution in [0.1, 0.15) is 37.8 Å². The second kappa shape index (κ2) is 11.2. The van der Waals surface area contributed by atoms with E-state index >= 15 is 0 Å². The van der Waals surface area contributed by atoms with Crippen molar-refractivity contribution in [3.63, 3.8) is 0 Å². The van der Waals surface area contributed by atoms with Gasteiger partial charge in [-0.2, -0.15) is 0 Å². The average molecular weight is 411 g/mol. The van der Waals surface area contributed by atoms with Crippen LogP contribution in [0.3, 0.4) is 0 Å². The molecule has 1 atom stereocenters. The van der Waals surface area contributed by atoms with Gasteiger partial charge < -0.3 is 15.4 Å². The topological polar surface area (TPSA) is 33.3 Å². The number of benzene rings is 2. The molecule has 0 aliphatic carbocycles. The molecule has 30 heavy (non-hydrogen) atoms. The third-order valence-electron chi connectivity index (χ3n) is 5.80. The van der Waals surface area contributed by atoms with Gasteiger partial charge in [0.15, 0.2) is 0 Å². The van der Waals surface area contributed by atoms with E-state index in [0.717, 1.165) is 62.5 Å². The fourth-order valence-electron chi connectivity index (χ4n) is 4.01. The van der Waals surface area contributed by atoms with E-state index in [4.69, 9.17) is 4.74 Å². The number of ether oxygens (including phenoxy) is 1. The molecule has 0 saturated carbocycles. The number of allylic oxidation sites excluding steroid dienone is 1. The van der Waals surface area contributed by atoms with E-state index in [-0.39, 0.29) is 5.82 Å². The minimum absolute atomic E-state index is 0.185. The van der Waals surface area contributed by atoms with Gasteiger partial charge in [0.1, 0.15) is 11.6 Å². The highest BCUT2D eigenvalue weighted by Crippen LogP contribution is 2.30. The molecule has 1 unspecified atom stereocenters. The van der Waals surface area contributed by atoms with Gasteiger partial charge in [0.25, 0.3) is 0 Å². The predicted molar refractivity (Wildman–Crippen MR) is 122 cm³/mol. The van der Waals surface area contributed by atoms with Gasteiger partial charge in [0.2, 0.25) is 0 Å². The predicted octanol–water partition coefficient (Wildman–Crippen LogP) is 5.32. The van der Waals surface area contributed by atoms with E-state index < -0.39 is 0 Å². The van der Waals surface area contributed by atoms with Crippen molar-refractivity contribution in [3.05, 3.63) is 77.8 Å². The highest BCUT2D eigenvalue weighted by Gasteiger charge is 2.26. The summed E-state index contributed by atoms with van der Waals surface area (Å²) < 4.78 is 19.1. The van der Waals surface area contributed by atoms with E-state index in [9.17, 15) is 4.39 Å². The quantitative estimate of drug-likeness (QED) is 0.556. The molecule has 1 fully saturated rings. The van der Waals surface area contributed by atoms with E-state index in [0.29, 0.717) is 17.8 Å². The molecule has 3 rings (SSSR count). The Morgan fingerprint density at radius 2 is 1.70 bits per heavy atom. The summed E-state index contributed by atoms with van der Waals surface area (Å²) >= 11 is 0. The van der Waals surface area contributed by atoms with Gasteiger partial charge in [-0.1, -0.05) is 44.7 Å². The summed E-state index contributed by atoms with van der Waals surface area (Å²) in [4.78, 5) is 0. The maximum Gasteiger partial charge on any atom is 0.123 e. The van der Waals surface area contributed by atoms with E-state index in [1.807, 2.05) is 24.3 Å². The number of halogens is 1. The molecular formula is C26H35FN2O. The molecule has 2 aromatic rings. The molecule has 4 heteroatoms. The maximum atomic E-state index is 13.3. The Kier molecular flexibility index (Phi) is 8.32. The summed E-state index contributed by atoms with van der Waals surface area (Å²) in [5.41, 5.74) is 3.44. The Bertz CT molecular complexity index is 780. The minimum Gasteiger partial charge on any atom is -0.493 e. The zero-order valence-corrected chi connectivity index (χ0v) is 18.3. The van der Waals surface area contributed by atoms with Crippen LogP contribution in [0.5, 0.6) is 5.75 Å². The van der Waals surface area contributed by atoms with Crippen molar-refractivity contribution in [2.24, 2.45) is 17.8 Å². The van der Waals surface area contributed by atoms with Crippen LogP contribution in [0, 0.1) is 23.6 Å². The zero-order valence-electron chi connectivity index (χ0n) is 18.3. The number of rotatable bonds is 10. The maximum absolute atomic E-state index is 13.3. The number of hydrogen-bond donors (Lipinski definition) is 2. The van der Waals surface area contributed by atoms with Crippen molar-refractivity contribution in [1.29, 1.82) is 0 Å². The smallest absolute Gasteiger partial charge is 0.123 e. The lowest BCUT2D eigenvalue weighted by atomic mass is 9.79. The molecule has 162 valence electrons. The molecule has 1 aliphatic rings. The monoisotopic (exact) mass is 410 g/mol. The van der Waals surface area contributed by atoms with Crippen molar-refractivity contribution >= 4 is 0 Å². The molecule has 0 aromatic heterocycles. The summed E-state index contributed by atoms with van der Waals surface area (Å²) in [6, 6.07) is 15.2. The number of nitrogens with one attached hydrogen (secondary N) is 2. The molecule has 1 heterocycles. The Hall–Kier alpha value is -2.33. The summed E-state index contributed by atoms with van der Waals surface area (Å²) in [5.74, 6) is 2.17. The van der Waals surface area contributed by atoms with Crippen LogP contribution in [-0.2, 0) is 13.0 Å². The van der Waals surface area contributed by atoms with E-state index in [1.165, 1.54) is 5.56 Å². The third-order valence-corrected chi connectivity index (χ3v) is 5.80. The van der Waals surface area contributed by atoms with Crippen LogP contribution in [-0.4, -0.2) is 19.7 Å². The van der Waals surface area contributed by atoms with Crippen LogP contribution in [0.2, 0.25) is 0 Å². The second-order valence-electron chi connectivity index (χ2n) is 8.75. The van der Waals surface area contributed by atoms with Crippen molar-refractivity contribution < 1.29 is 9.13 Å². The van der Waals surface area contributed by atoms with Gasteiger partial charge >= 0.3 is 0 Å². The van der Waals surface area contributed by atoms with E-state index in [2.05, 4.69) is 43.2 Å². The van der Waals surface area contributed by atoms with Gasteiger partial charge in [-0.05, 0) is 79.6 Å². The Morgan fingerprint density at radius 1 is 1.07 bits per heavy atom. The highest BCUT2D eigenvalue weighted by atomic mass is 19.1. The fraction of sp³-hybridized carbons (Fsp3) is 0.462. The third kappa shape index (κ3) is 6.88. The molecule has 2 N–H and O–H groups in total. The van der Waals surface area contributed by atoms with E-state index in [1.54, 1.807) is 12.1 Å². The first kappa shape index (κ1) is 22.4. The summed E-state index contributed by atoms with van der Waals surface area (Å²) in [6.07, 6.45) is 3.18. The van der Waals surface area contributed by atoms with Crippen LogP contribution in [0.4, 0.5) is 4.39 Å². The number of piperidine rings is 1. The molecule has 2 aromatic carbocycles. The van der Waals surface area contributed by atoms with Crippen LogP contribution in [0.15, 0.2) is 60.8 Å². The normalized spacial score (nSPS) is 15.7. The Morgan fingerprint density at radius 3 is 2.33 bits per heavy atom. The first-order valence-electron chi connectivity index (χ1n) is 11.1. The summed E-state index contributed by atoms with van der Waals surface area (Å²) in [7, 11) is 0. The molecule has 0 radical (unpaired) electrons. The van der Waals surface area contributed by atoms with Gasteiger partial charge in [0, 0.05) is 18.2 Å².